The van der Waals surface area contributed by atoms with Crippen molar-refractivity contribution in [2.75, 3.05) is 13.1 Å². The van der Waals surface area contributed by atoms with Gasteiger partial charge in [0, 0.05) is 19.1 Å². The molecule has 102 valence electrons. The lowest BCUT2D eigenvalue weighted by atomic mass is 9.70. The zero-order valence-corrected chi connectivity index (χ0v) is 11.5. The summed E-state index contributed by atoms with van der Waals surface area (Å²) < 4.78 is 0. The Balaban J connectivity index is 2.10. The van der Waals surface area contributed by atoms with E-state index in [1.165, 1.54) is 0 Å². The van der Waals surface area contributed by atoms with E-state index in [1.807, 2.05) is 11.0 Å². The maximum absolute atomic E-state index is 12.8. The molecule has 0 aliphatic heterocycles. The number of nitrogens with zero attached hydrogens (tertiary/aromatic N) is 1. The Bertz CT molecular complexity index is 314. The third-order valence-corrected chi connectivity index (χ3v) is 4.65. The smallest absolute Gasteiger partial charge is 0.230 e. The molecule has 2 saturated carbocycles. The molecule has 2 aliphatic carbocycles. The maximum atomic E-state index is 12.8. The van der Waals surface area contributed by atoms with Crippen molar-refractivity contribution in [1.29, 1.82) is 0 Å². The maximum Gasteiger partial charge on any atom is 0.230 e. The van der Waals surface area contributed by atoms with Crippen LogP contribution in [-0.4, -0.2) is 29.9 Å². The fourth-order valence-corrected chi connectivity index (χ4v) is 3.05. The summed E-state index contributed by atoms with van der Waals surface area (Å²) in [5, 5.41) is 0. The number of nitrogens with two attached hydrogens (primary N) is 1. The van der Waals surface area contributed by atoms with Gasteiger partial charge in [-0.2, -0.15) is 0 Å². The molecule has 0 aromatic rings. The summed E-state index contributed by atoms with van der Waals surface area (Å²) in [7, 11) is 0. The van der Waals surface area contributed by atoms with E-state index in [1.54, 1.807) is 0 Å². The van der Waals surface area contributed by atoms with Crippen LogP contribution in [0.2, 0.25) is 0 Å². The lowest BCUT2D eigenvalue weighted by molar-refractivity contribution is -0.144. The van der Waals surface area contributed by atoms with Gasteiger partial charge in [-0.25, -0.2) is 0 Å². The Hall–Kier alpha value is -0.830. The highest BCUT2D eigenvalue weighted by atomic mass is 16.2. The van der Waals surface area contributed by atoms with Crippen LogP contribution in [0.4, 0.5) is 0 Å². The first-order valence-corrected chi connectivity index (χ1v) is 7.25. The van der Waals surface area contributed by atoms with Gasteiger partial charge in [0.15, 0.2) is 0 Å². The van der Waals surface area contributed by atoms with Crippen LogP contribution < -0.4 is 5.73 Å². The summed E-state index contributed by atoms with van der Waals surface area (Å²) in [5.41, 5.74) is 5.69. The monoisotopic (exact) mass is 250 g/mol. The lowest BCUT2D eigenvalue weighted by Gasteiger charge is -2.40. The van der Waals surface area contributed by atoms with E-state index in [-0.39, 0.29) is 5.41 Å². The van der Waals surface area contributed by atoms with E-state index in [0.717, 1.165) is 44.4 Å². The van der Waals surface area contributed by atoms with Crippen LogP contribution in [0.5, 0.6) is 0 Å². The zero-order chi connectivity index (χ0) is 13.2. The van der Waals surface area contributed by atoms with Crippen molar-refractivity contribution in [3.05, 3.63) is 12.7 Å². The second kappa shape index (κ2) is 5.43. The van der Waals surface area contributed by atoms with Crippen LogP contribution in [0, 0.1) is 11.3 Å². The molecule has 2 N–H and O–H groups in total. The van der Waals surface area contributed by atoms with Crippen LogP contribution in [0.25, 0.3) is 0 Å². The minimum absolute atomic E-state index is 0.280. The topological polar surface area (TPSA) is 46.3 Å². The minimum Gasteiger partial charge on any atom is -0.335 e. The van der Waals surface area contributed by atoms with Crippen molar-refractivity contribution in [1.82, 2.24) is 4.90 Å². The van der Waals surface area contributed by atoms with Crippen molar-refractivity contribution in [3.8, 4) is 0 Å². The molecule has 0 radical (unpaired) electrons. The van der Waals surface area contributed by atoms with Crippen LogP contribution in [0.3, 0.4) is 0 Å². The average Bonchev–Trinajstić information content (AvgIpc) is 3.21. The second-order valence-corrected chi connectivity index (χ2v) is 6.14. The van der Waals surface area contributed by atoms with E-state index >= 15 is 0 Å². The number of amides is 1. The van der Waals surface area contributed by atoms with E-state index < -0.39 is 0 Å². The van der Waals surface area contributed by atoms with Gasteiger partial charge in [0.25, 0.3) is 0 Å². The van der Waals surface area contributed by atoms with E-state index in [0.29, 0.717) is 25.0 Å². The van der Waals surface area contributed by atoms with Gasteiger partial charge in [-0.3, -0.25) is 4.79 Å². The number of carbonyl (C=O) groups is 1. The SMILES string of the molecule is C=CCN(C(=O)C1(CN)CCC(C)CC1)C1CC1. The molecule has 0 spiro atoms. The fraction of sp³-hybridized carbons (Fsp3) is 0.800. The molecular formula is C15H26N2O. The van der Waals surface area contributed by atoms with E-state index in [9.17, 15) is 4.79 Å². The van der Waals surface area contributed by atoms with E-state index in [4.69, 9.17) is 5.73 Å². The number of hydrogen-bond donors (Lipinski definition) is 1. The predicted octanol–water partition coefficient (Wildman–Crippen LogP) is 2.32. The normalized spacial score (nSPS) is 32.0. The van der Waals surface area contributed by atoms with Crippen LogP contribution in [0.1, 0.15) is 45.4 Å². The first kappa shape index (κ1) is 13.6. The Morgan fingerprint density at radius 1 is 1.39 bits per heavy atom. The van der Waals surface area contributed by atoms with Crippen LogP contribution >= 0.6 is 0 Å². The van der Waals surface area contributed by atoms with Crippen molar-refractivity contribution in [2.24, 2.45) is 17.1 Å². The van der Waals surface area contributed by atoms with Gasteiger partial charge in [0.05, 0.1) is 5.41 Å². The van der Waals surface area contributed by atoms with Crippen LogP contribution in [-0.2, 0) is 4.79 Å². The highest BCUT2D eigenvalue weighted by Gasteiger charge is 2.45. The second-order valence-electron chi connectivity index (χ2n) is 6.14. The Morgan fingerprint density at radius 3 is 2.44 bits per heavy atom. The van der Waals surface area contributed by atoms with Gasteiger partial charge in [0.1, 0.15) is 0 Å². The largest absolute Gasteiger partial charge is 0.335 e. The Morgan fingerprint density at radius 2 is 2.00 bits per heavy atom. The first-order chi connectivity index (χ1) is 8.63. The highest BCUT2D eigenvalue weighted by molar-refractivity contribution is 5.84. The molecule has 0 aromatic heterocycles. The molecule has 0 atom stereocenters. The zero-order valence-electron chi connectivity index (χ0n) is 11.5. The molecule has 2 fully saturated rings. The number of hydrogen-bond acceptors (Lipinski definition) is 2. The molecule has 3 nitrogen and oxygen atoms in total. The van der Waals surface area contributed by atoms with Crippen molar-refractivity contribution >= 4 is 5.91 Å². The molecule has 0 unspecified atom stereocenters. The van der Waals surface area contributed by atoms with Crippen molar-refractivity contribution < 1.29 is 4.79 Å². The summed E-state index contributed by atoms with van der Waals surface area (Å²) in [6, 6.07) is 0.457. The Labute approximate surface area is 110 Å². The minimum atomic E-state index is -0.280. The van der Waals surface area contributed by atoms with Gasteiger partial charge >= 0.3 is 0 Å². The third-order valence-electron chi connectivity index (χ3n) is 4.65. The molecule has 0 aromatic carbocycles. The molecule has 0 heterocycles. The standard InChI is InChI=1S/C15H26N2O/c1-3-10-17(13-4-5-13)14(18)15(11-16)8-6-12(2)7-9-15/h3,12-13H,1,4-11,16H2,2H3. The number of carbonyl (C=O) groups excluding carboxylic acids is 1. The molecular weight excluding hydrogens is 224 g/mol. The lowest BCUT2D eigenvalue weighted by Crippen LogP contribution is -2.50. The van der Waals surface area contributed by atoms with E-state index in [2.05, 4.69) is 13.5 Å². The van der Waals surface area contributed by atoms with Crippen LogP contribution in [0.15, 0.2) is 12.7 Å². The predicted molar refractivity (Wildman–Crippen MR) is 74.1 cm³/mol. The molecule has 1 amide bonds. The number of rotatable bonds is 5. The quantitative estimate of drug-likeness (QED) is 0.761. The van der Waals surface area contributed by atoms with Gasteiger partial charge < -0.3 is 10.6 Å². The molecule has 3 heteroatoms. The van der Waals surface area contributed by atoms with Gasteiger partial charge in [-0.05, 0) is 44.4 Å². The molecule has 0 saturated heterocycles. The third kappa shape index (κ3) is 2.61. The van der Waals surface area contributed by atoms with Crippen molar-refractivity contribution in [3.63, 3.8) is 0 Å². The molecule has 2 aliphatic rings. The van der Waals surface area contributed by atoms with Crippen molar-refractivity contribution in [2.45, 2.75) is 51.5 Å². The summed E-state index contributed by atoms with van der Waals surface area (Å²) in [6.45, 7) is 7.23. The fourth-order valence-electron chi connectivity index (χ4n) is 3.05. The molecule has 18 heavy (non-hydrogen) atoms. The van der Waals surface area contributed by atoms with Gasteiger partial charge in [-0.1, -0.05) is 13.0 Å². The average molecular weight is 250 g/mol. The summed E-state index contributed by atoms with van der Waals surface area (Å²) in [5.74, 6) is 1.03. The highest BCUT2D eigenvalue weighted by Crippen LogP contribution is 2.41. The first-order valence-electron chi connectivity index (χ1n) is 7.25. The molecule has 2 rings (SSSR count). The summed E-state index contributed by atoms with van der Waals surface area (Å²) >= 11 is 0. The summed E-state index contributed by atoms with van der Waals surface area (Å²) in [6.07, 6.45) is 8.33. The van der Waals surface area contributed by atoms with Gasteiger partial charge in [0.2, 0.25) is 5.91 Å². The Kier molecular flexibility index (Phi) is 4.10. The summed E-state index contributed by atoms with van der Waals surface area (Å²) in [4.78, 5) is 14.9. The molecule has 0 bridgehead atoms. The van der Waals surface area contributed by atoms with Gasteiger partial charge in [-0.15, -0.1) is 6.58 Å².